The first-order valence-corrected chi connectivity index (χ1v) is 3.55. The van der Waals surface area contributed by atoms with Crippen LogP contribution in [0.2, 0.25) is 0 Å². The van der Waals surface area contributed by atoms with Gasteiger partial charge in [0.05, 0.1) is 0 Å². The predicted octanol–water partition coefficient (Wildman–Crippen LogP) is -1.73. The summed E-state index contributed by atoms with van der Waals surface area (Å²) in [5.74, 6) is 0. The Kier molecular flexibility index (Phi) is 15.0. The van der Waals surface area contributed by atoms with Crippen LogP contribution in [0.5, 0.6) is 0 Å². The second-order valence-electron chi connectivity index (χ2n) is 2.45. The first-order chi connectivity index (χ1) is 4.63. The van der Waals surface area contributed by atoms with Crippen molar-refractivity contribution in [1.29, 1.82) is 0 Å². The van der Waals surface area contributed by atoms with Gasteiger partial charge in [-0.2, -0.15) is 0 Å². The molecule has 0 aromatic carbocycles. The third kappa shape index (κ3) is 6.23. The summed E-state index contributed by atoms with van der Waals surface area (Å²) in [6, 6.07) is 0. The third-order valence-electron chi connectivity index (χ3n) is 1.74. The van der Waals surface area contributed by atoms with E-state index in [1.54, 1.807) is 0 Å². The second-order valence-corrected chi connectivity index (χ2v) is 2.45. The van der Waals surface area contributed by atoms with Crippen molar-refractivity contribution in [1.82, 2.24) is 0 Å². The molecule has 0 spiro atoms. The Labute approximate surface area is 102 Å². The summed E-state index contributed by atoms with van der Waals surface area (Å²) in [5.41, 5.74) is 1.80. The van der Waals surface area contributed by atoms with Crippen LogP contribution in [0.1, 0.15) is 27.7 Å². The summed E-state index contributed by atoms with van der Waals surface area (Å²) in [5, 5.41) is 11.3. The van der Waals surface area contributed by atoms with Crippen molar-refractivity contribution in [3.63, 3.8) is 0 Å². The van der Waals surface area contributed by atoms with E-state index < -0.39 is 6.10 Å². The van der Waals surface area contributed by atoms with E-state index in [2.05, 4.69) is 0 Å². The third-order valence-corrected chi connectivity index (χ3v) is 1.74. The molecule has 0 atom stereocenters. The van der Waals surface area contributed by atoms with Gasteiger partial charge in [0.1, 0.15) is 0 Å². The molecular weight excluding hydrogens is 228 g/mol. The fourth-order valence-corrected chi connectivity index (χ4v) is 0.662. The molecule has 1 nitrogen and oxygen atoms in total. The molecule has 0 aliphatic rings. The average molecular weight is 243 g/mol. The van der Waals surface area contributed by atoms with Crippen molar-refractivity contribution in [3.8, 4) is 0 Å². The van der Waals surface area contributed by atoms with Gasteiger partial charge in [0.15, 0.2) is 0 Å². The maximum absolute atomic E-state index is 11.3. The number of hydrogen-bond donors (Lipinski definition) is 0. The Morgan fingerprint density at radius 2 is 1.33 bits per heavy atom. The standard InChI is InChI=1S/C9H15O.BrH.Mg/c1-5-7(3)9(10)8(4)6-2;;/h5-6,9H,1-4H3;1H;/q-1;;+2/p-1/b7-5+,8-6+;;. The van der Waals surface area contributed by atoms with Crippen molar-refractivity contribution in [3.05, 3.63) is 23.3 Å². The zero-order chi connectivity index (χ0) is 8.15. The van der Waals surface area contributed by atoms with Crippen molar-refractivity contribution in [2.45, 2.75) is 33.8 Å². The van der Waals surface area contributed by atoms with E-state index in [1.807, 2.05) is 39.8 Å². The van der Waals surface area contributed by atoms with E-state index in [1.165, 1.54) is 0 Å². The maximum atomic E-state index is 11.3. The largest absolute Gasteiger partial charge is 2.00 e. The first-order valence-electron chi connectivity index (χ1n) is 3.55. The number of rotatable bonds is 2. The molecular formula is C9H15BrMgO. The Morgan fingerprint density at radius 1 is 1.08 bits per heavy atom. The van der Waals surface area contributed by atoms with Crippen molar-refractivity contribution in [2.75, 3.05) is 0 Å². The molecule has 0 fully saturated rings. The second kappa shape index (κ2) is 9.77. The summed E-state index contributed by atoms with van der Waals surface area (Å²) < 4.78 is 0. The molecule has 12 heavy (non-hydrogen) atoms. The van der Waals surface area contributed by atoms with Crippen LogP contribution in [-0.4, -0.2) is 29.2 Å². The first kappa shape index (κ1) is 18.5. The molecule has 3 heteroatoms. The minimum atomic E-state index is -0.630. The van der Waals surface area contributed by atoms with Crippen LogP contribution < -0.4 is 22.1 Å². The zero-order valence-corrected chi connectivity index (χ0v) is 11.2. The van der Waals surface area contributed by atoms with E-state index >= 15 is 0 Å². The Hall–Kier alpha value is 0.686. The quantitative estimate of drug-likeness (QED) is 0.418. The van der Waals surface area contributed by atoms with Crippen molar-refractivity contribution in [2.24, 2.45) is 0 Å². The SMILES string of the molecule is C/C=C(\C)C([O-])/C(C)=C/C.[Br-].[Mg+2]. The van der Waals surface area contributed by atoms with Crippen LogP contribution in [0.3, 0.4) is 0 Å². The molecule has 0 radical (unpaired) electrons. The number of halogens is 1. The van der Waals surface area contributed by atoms with Gasteiger partial charge in [-0.05, 0) is 27.7 Å². The summed E-state index contributed by atoms with van der Waals surface area (Å²) in [6.45, 7) is 7.52. The number of allylic oxidation sites excluding steroid dienone is 2. The van der Waals surface area contributed by atoms with E-state index in [4.69, 9.17) is 0 Å². The molecule has 0 aliphatic heterocycles. The fraction of sp³-hybridized carbons (Fsp3) is 0.556. The molecule has 0 heterocycles. The summed E-state index contributed by atoms with van der Waals surface area (Å²) in [7, 11) is 0. The zero-order valence-electron chi connectivity index (χ0n) is 8.23. The molecule has 0 aliphatic carbocycles. The maximum Gasteiger partial charge on any atom is 2.00 e. The molecule has 0 amide bonds. The van der Waals surface area contributed by atoms with Crippen LogP contribution in [0, 0.1) is 0 Å². The van der Waals surface area contributed by atoms with Gasteiger partial charge < -0.3 is 22.1 Å². The topological polar surface area (TPSA) is 23.1 Å². The van der Waals surface area contributed by atoms with Gasteiger partial charge in [-0.15, -0.1) is 0 Å². The average Bonchev–Trinajstić information content (AvgIpc) is 2.00. The molecule has 0 aromatic rings. The van der Waals surface area contributed by atoms with Crippen molar-refractivity contribution >= 4 is 23.1 Å². The molecule has 0 unspecified atom stereocenters. The molecule has 66 valence electrons. The summed E-state index contributed by atoms with van der Waals surface area (Å²) in [6.07, 6.45) is 3.10. The fourth-order valence-electron chi connectivity index (χ4n) is 0.662. The van der Waals surface area contributed by atoms with E-state index in [0.29, 0.717) is 0 Å². The Balaban J connectivity index is -0.000000405. The van der Waals surface area contributed by atoms with Gasteiger partial charge in [-0.3, -0.25) is 0 Å². The van der Waals surface area contributed by atoms with Crippen LogP contribution >= 0.6 is 0 Å². The summed E-state index contributed by atoms with van der Waals surface area (Å²) >= 11 is 0. The van der Waals surface area contributed by atoms with Gasteiger partial charge in [-0.25, -0.2) is 0 Å². The van der Waals surface area contributed by atoms with Gasteiger partial charge in [0.25, 0.3) is 0 Å². The molecule has 0 bridgehead atoms. The minimum absolute atomic E-state index is 0. The molecule has 0 rings (SSSR count). The van der Waals surface area contributed by atoms with Crippen LogP contribution in [-0.2, 0) is 0 Å². The number of hydrogen-bond acceptors (Lipinski definition) is 1. The molecule has 0 N–H and O–H groups in total. The molecule has 0 saturated heterocycles. The van der Waals surface area contributed by atoms with Crippen molar-refractivity contribution < 1.29 is 22.1 Å². The summed E-state index contributed by atoms with van der Waals surface area (Å²) in [4.78, 5) is 0. The molecule has 0 saturated carbocycles. The van der Waals surface area contributed by atoms with Crippen LogP contribution in [0.4, 0.5) is 0 Å². The molecule has 0 aromatic heterocycles. The minimum Gasteiger partial charge on any atom is -1.00 e. The Morgan fingerprint density at radius 3 is 1.50 bits per heavy atom. The van der Waals surface area contributed by atoms with Gasteiger partial charge in [0.2, 0.25) is 0 Å². The van der Waals surface area contributed by atoms with E-state index in [9.17, 15) is 5.11 Å². The predicted molar refractivity (Wildman–Crippen MR) is 48.4 cm³/mol. The van der Waals surface area contributed by atoms with Gasteiger partial charge >= 0.3 is 23.1 Å². The monoisotopic (exact) mass is 242 g/mol. The van der Waals surface area contributed by atoms with E-state index in [0.717, 1.165) is 11.1 Å². The van der Waals surface area contributed by atoms with Gasteiger partial charge in [-0.1, -0.05) is 29.4 Å². The Bertz CT molecular complexity index is 146. The van der Waals surface area contributed by atoms with E-state index in [-0.39, 0.29) is 40.0 Å². The van der Waals surface area contributed by atoms with Crippen LogP contribution in [0.15, 0.2) is 23.3 Å². The normalized spacial score (nSPS) is 14.4. The van der Waals surface area contributed by atoms with Crippen LogP contribution in [0.25, 0.3) is 0 Å². The van der Waals surface area contributed by atoms with Gasteiger partial charge in [0, 0.05) is 0 Å². The smallest absolute Gasteiger partial charge is 1.00 e.